The van der Waals surface area contributed by atoms with Crippen LogP contribution in [0.1, 0.15) is 5.56 Å². The van der Waals surface area contributed by atoms with Crippen molar-refractivity contribution in [2.45, 2.75) is 0 Å². The van der Waals surface area contributed by atoms with E-state index in [9.17, 15) is 5.26 Å². The third kappa shape index (κ3) is 2.50. The SMILES string of the molecule is COc1cccc(-c2ncnc3c(C#N)cn(-c4ccccc4)c23)c1. The topological polar surface area (TPSA) is 63.7 Å². The van der Waals surface area contributed by atoms with Gasteiger partial charge in [0.15, 0.2) is 0 Å². The number of nitrogens with zero attached hydrogens (tertiary/aromatic N) is 4. The first-order chi connectivity index (χ1) is 12.3. The predicted octanol–water partition coefficient (Wildman–Crippen LogP) is 3.97. The molecule has 0 atom stereocenters. The maximum atomic E-state index is 9.50. The average molecular weight is 326 g/mol. The van der Waals surface area contributed by atoms with Crippen LogP contribution in [0.15, 0.2) is 67.1 Å². The van der Waals surface area contributed by atoms with Crippen molar-refractivity contribution in [3.8, 4) is 28.8 Å². The fraction of sp³-hybridized carbons (Fsp3) is 0.0500. The molecule has 0 unspecified atom stereocenters. The first-order valence-electron chi connectivity index (χ1n) is 7.78. The van der Waals surface area contributed by atoms with E-state index < -0.39 is 0 Å². The third-order valence-electron chi connectivity index (χ3n) is 4.07. The molecule has 5 nitrogen and oxygen atoms in total. The molecule has 2 aromatic carbocycles. The van der Waals surface area contributed by atoms with Crippen molar-refractivity contribution in [1.82, 2.24) is 14.5 Å². The van der Waals surface area contributed by atoms with Crippen LogP contribution in [0.3, 0.4) is 0 Å². The lowest BCUT2D eigenvalue weighted by Gasteiger charge is -2.09. The minimum absolute atomic E-state index is 0.519. The molecular formula is C20H14N4O. The van der Waals surface area contributed by atoms with Crippen molar-refractivity contribution >= 4 is 11.0 Å². The van der Waals surface area contributed by atoms with Crippen molar-refractivity contribution < 1.29 is 4.74 Å². The van der Waals surface area contributed by atoms with Gasteiger partial charge in [-0.3, -0.25) is 0 Å². The number of benzene rings is 2. The number of para-hydroxylation sites is 1. The average Bonchev–Trinajstić information content (AvgIpc) is 3.07. The molecule has 2 aromatic heterocycles. The van der Waals surface area contributed by atoms with E-state index in [1.165, 1.54) is 6.33 Å². The first kappa shape index (κ1) is 14.9. The highest BCUT2D eigenvalue weighted by atomic mass is 16.5. The van der Waals surface area contributed by atoms with E-state index in [0.29, 0.717) is 11.1 Å². The molecule has 5 heteroatoms. The first-order valence-corrected chi connectivity index (χ1v) is 7.78. The fourth-order valence-corrected chi connectivity index (χ4v) is 2.91. The summed E-state index contributed by atoms with van der Waals surface area (Å²) < 4.78 is 7.29. The van der Waals surface area contributed by atoms with Gasteiger partial charge in [-0.1, -0.05) is 30.3 Å². The van der Waals surface area contributed by atoms with Crippen LogP contribution >= 0.6 is 0 Å². The third-order valence-corrected chi connectivity index (χ3v) is 4.07. The Hall–Kier alpha value is -3.65. The molecule has 25 heavy (non-hydrogen) atoms. The summed E-state index contributed by atoms with van der Waals surface area (Å²) >= 11 is 0. The van der Waals surface area contributed by atoms with E-state index in [0.717, 1.165) is 28.2 Å². The smallest absolute Gasteiger partial charge is 0.119 e. The number of nitriles is 1. The molecule has 0 aliphatic heterocycles. The van der Waals surface area contributed by atoms with Crippen molar-refractivity contribution in [1.29, 1.82) is 5.26 Å². The Kier molecular flexibility index (Phi) is 3.64. The fourth-order valence-electron chi connectivity index (χ4n) is 2.91. The summed E-state index contributed by atoms with van der Waals surface area (Å²) in [6, 6.07) is 19.8. The van der Waals surface area contributed by atoms with Crippen molar-refractivity contribution in [3.05, 3.63) is 72.7 Å². The summed E-state index contributed by atoms with van der Waals surface area (Å²) in [7, 11) is 1.63. The normalized spacial score (nSPS) is 10.6. The maximum absolute atomic E-state index is 9.50. The molecule has 0 aliphatic rings. The van der Waals surface area contributed by atoms with Gasteiger partial charge in [-0.25, -0.2) is 9.97 Å². The Morgan fingerprint density at radius 3 is 2.64 bits per heavy atom. The van der Waals surface area contributed by atoms with Gasteiger partial charge < -0.3 is 9.30 Å². The van der Waals surface area contributed by atoms with Gasteiger partial charge in [0.2, 0.25) is 0 Å². The molecule has 0 aliphatic carbocycles. The van der Waals surface area contributed by atoms with Gasteiger partial charge in [-0.05, 0) is 24.3 Å². The molecule has 0 amide bonds. The Labute approximate surface area is 144 Å². The van der Waals surface area contributed by atoms with Crippen molar-refractivity contribution in [2.75, 3.05) is 7.11 Å². The van der Waals surface area contributed by atoms with Crippen LogP contribution in [0, 0.1) is 11.3 Å². The number of hydrogen-bond acceptors (Lipinski definition) is 4. The zero-order valence-electron chi connectivity index (χ0n) is 13.5. The van der Waals surface area contributed by atoms with Crippen molar-refractivity contribution in [3.63, 3.8) is 0 Å². The van der Waals surface area contributed by atoms with Crippen LogP contribution in [0.2, 0.25) is 0 Å². The van der Waals surface area contributed by atoms with E-state index in [1.54, 1.807) is 13.3 Å². The molecule has 0 saturated carbocycles. The van der Waals surface area contributed by atoms with Crippen LogP contribution < -0.4 is 4.74 Å². The summed E-state index contributed by atoms with van der Waals surface area (Å²) in [6.07, 6.45) is 3.30. The summed E-state index contributed by atoms with van der Waals surface area (Å²) in [5, 5.41) is 9.50. The zero-order valence-corrected chi connectivity index (χ0v) is 13.5. The molecule has 0 radical (unpaired) electrons. The monoisotopic (exact) mass is 326 g/mol. The van der Waals surface area contributed by atoms with E-state index in [-0.39, 0.29) is 0 Å². The van der Waals surface area contributed by atoms with E-state index in [1.807, 2.05) is 59.2 Å². The number of fused-ring (bicyclic) bond motifs is 1. The quantitative estimate of drug-likeness (QED) is 0.571. The second kappa shape index (κ2) is 6.10. The van der Waals surface area contributed by atoms with Gasteiger partial charge in [0.05, 0.1) is 23.9 Å². The molecular weight excluding hydrogens is 312 g/mol. The highest BCUT2D eigenvalue weighted by Crippen LogP contribution is 2.32. The maximum Gasteiger partial charge on any atom is 0.119 e. The number of methoxy groups -OCH3 is 1. The van der Waals surface area contributed by atoms with Crippen LogP contribution in [-0.2, 0) is 0 Å². The number of hydrogen-bond donors (Lipinski definition) is 0. The molecule has 2 heterocycles. The number of aromatic nitrogens is 3. The van der Waals surface area contributed by atoms with Crippen molar-refractivity contribution in [2.24, 2.45) is 0 Å². The van der Waals surface area contributed by atoms with E-state index in [4.69, 9.17) is 4.74 Å². The molecule has 4 rings (SSSR count). The molecule has 0 spiro atoms. The largest absolute Gasteiger partial charge is 0.497 e. The Morgan fingerprint density at radius 2 is 1.88 bits per heavy atom. The van der Waals surface area contributed by atoms with Crippen LogP contribution in [0.5, 0.6) is 5.75 Å². The van der Waals surface area contributed by atoms with E-state index in [2.05, 4.69) is 16.0 Å². The molecule has 0 bridgehead atoms. The molecule has 0 N–H and O–H groups in total. The lowest BCUT2D eigenvalue weighted by Crippen LogP contribution is -1.96. The number of rotatable bonds is 3. The van der Waals surface area contributed by atoms with Crippen LogP contribution in [0.25, 0.3) is 28.0 Å². The second-order valence-corrected chi connectivity index (χ2v) is 5.51. The lowest BCUT2D eigenvalue weighted by atomic mass is 10.1. The molecule has 0 fully saturated rings. The summed E-state index contributed by atoms with van der Waals surface area (Å²) in [5.74, 6) is 0.752. The summed E-state index contributed by atoms with van der Waals surface area (Å²) in [4.78, 5) is 8.83. The highest BCUT2D eigenvalue weighted by molar-refractivity contribution is 5.94. The Morgan fingerprint density at radius 1 is 1.04 bits per heavy atom. The van der Waals surface area contributed by atoms with Gasteiger partial charge in [-0.15, -0.1) is 0 Å². The Bertz CT molecular complexity index is 1090. The highest BCUT2D eigenvalue weighted by Gasteiger charge is 2.17. The van der Waals surface area contributed by atoms with Gasteiger partial charge in [-0.2, -0.15) is 5.26 Å². The minimum atomic E-state index is 0.519. The second-order valence-electron chi connectivity index (χ2n) is 5.51. The number of ether oxygens (including phenoxy) is 1. The molecule has 120 valence electrons. The zero-order chi connectivity index (χ0) is 17.2. The van der Waals surface area contributed by atoms with Crippen LogP contribution in [-0.4, -0.2) is 21.6 Å². The van der Waals surface area contributed by atoms with Gasteiger partial charge in [0, 0.05) is 17.4 Å². The Balaban J connectivity index is 2.06. The van der Waals surface area contributed by atoms with E-state index >= 15 is 0 Å². The van der Waals surface area contributed by atoms with Gasteiger partial charge in [0.25, 0.3) is 0 Å². The van der Waals surface area contributed by atoms with Gasteiger partial charge >= 0.3 is 0 Å². The summed E-state index contributed by atoms with van der Waals surface area (Å²) in [6.45, 7) is 0. The predicted molar refractivity (Wildman–Crippen MR) is 95.6 cm³/mol. The van der Waals surface area contributed by atoms with Crippen LogP contribution in [0.4, 0.5) is 0 Å². The van der Waals surface area contributed by atoms with Gasteiger partial charge in [0.1, 0.15) is 23.7 Å². The summed E-state index contributed by atoms with van der Waals surface area (Å²) in [5.41, 5.74) is 4.58. The lowest BCUT2D eigenvalue weighted by molar-refractivity contribution is 0.415. The minimum Gasteiger partial charge on any atom is -0.497 e. The standard InChI is InChI=1S/C20H14N4O/c1-25-17-9-5-6-14(10-17)18-20-19(23-13-22-18)15(11-21)12-24(20)16-7-3-2-4-8-16/h2-10,12-13H,1H3. The molecule has 4 aromatic rings. The molecule has 0 saturated heterocycles.